The van der Waals surface area contributed by atoms with E-state index < -0.39 is 0 Å². The Morgan fingerprint density at radius 3 is 2.33 bits per heavy atom. The quantitative estimate of drug-likeness (QED) is 0.637. The molecule has 0 spiro atoms. The number of nitrogens with zero attached hydrogens (tertiary/aromatic N) is 3. The van der Waals surface area contributed by atoms with Gasteiger partial charge in [-0.1, -0.05) is 32.6 Å². The molecule has 0 amide bonds. The number of hydrogen-bond donors (Lipinski definition) is 0. The van der Waals surface area contributed by atoms with E-state index in [2.05, 4.69) is 37.7 Å². The molecule has 0 radical (unpaired) electrons. The number of rotatable bonds is 1. The van der Waals surface area contributed by atoms with Gasteiger partial charge in [-0.15, -0.1) is 5.10 Å². The predicted molar refractivity (Wildman–Crippen MR) is 49.7 cm³/mol. The molecule has 0 fully saturated rings. The third-order valence-corrected chi connectivity index (χ3v) is 1.65. The van der Waals surface area contributed by atoms with Gasteiger partial charge < -0.3 is 0 Å². The third-order valence-electron chi connectivity index (χ3n) is 1.65. The summed E-state index contributed by atoms with van der Waals surface area (Å²) >= 11 is 0. The monoisotopic (exact) mass is 165 g/mol. The highest BCUT2D eigenvalue weighted by molar-refractivity contribution is 5.35. The zero-order valence-corrected chi connectivity index (χ0v) is 8.13. The molecule has 0 unspecified atom stereocenters. The maximum absolute atomic E-state index is 4.06. The van der Waals surface area contributed by atoms with E-state index in [4.69, 9.17) is 0 Å². The Bertz CT molecular complexity index is 291. The molecule has 3 heteroatoms. The second kappa shape index (κ2) is 2.73. The third kappa shape index (κ3) is 1.72. The van der Waals surface area contributed by atoms with Crippen LogP contribution in [0.1, 0.15) is 33.4 Å². The highest BCUT2D eigenvalue weighted by atomic mass is 15.4. The van der Waals surface area contributed by atoms with Crippen LogP contribution in [0.25, 0.3) is 5.70 Å². The van der Waals surface area contributed by atoms with Crippen LogP contribution in [0.2, 0.25) is 0 Å². The normalized spacial score (nSPS) is 11.7. The van der Waals surface area contributed by atoms with Crippen molar-refractivity contribution in [2.45, 2.75) is 33.1 Å². The van der Waals surface area contributed by atoms with E-state index in [1.165, 1.54) is 0 Å². The highest BCUT2D eigenvalue weighted by Crippen LogP contribution is 2.19. The molecule has 0 N–H and O–H groups in total. The van der Waals surface area contributed by atoms with Crippen LogP contribution < -0.4 is 0 Å². The van der Waals surface area contributed by atoms with Gasteiger partial charge >= 0.3 is 0 Å². The Kier molecular flexibility index (Phi) is 2.04. The summed E-state index contributed by atoms with van der Waals surface area (Å²) in [6.45, 7) is 12.0. The lowest BCUT2D eigenvalue weighted by atomic mass is 9.93. The van der Waals surface area contributed by atoms with Gasteiger partial charge in [0, 0.05) is 11.1 Å². The standard InChI is InChI=1S/C9H15N3/c1-7(2)12-6-8(10-11-12)9(3,4)5/h6H,1H2,2-5H3. The molecular weight excluding hydrogens is 150 g/mol. The molecule has 0 aliphatic rings. The van der Waals surface area contributed by atoms with Crippen molar-refractivity contribution in [1.82, 2.24) is 15.0 Å². The van der Waals surface area contributed by atoms with Gasteiger partial charge in [-0.25, -0.2) is 4.68 Å². The van der Waals surface area contributed by atoms with Gasteiger partial charge in [-0.2, -0.15) is 0 Å². The Balaban J connectivity index is 3.00. The highest BCUT2D eigenvalue weighted by Gasteiger charge is 2.17. The van der Waals surface area contributed by atoms with Crippen molar-refractivity contribution in [1.29, 1.82) is 0 Å². The largest absolute Gasteiger partial charge is 0.225 e. The van der Waals surface area contributed by atoms with Crippen LogP contribution in [0.15, 0.2) is 12.8 Å². The molecule has 1 aromatic heterocycles. The summed E-state index contributed by atoms with van der Waals surface area (Å²) in [4.78, 5) is 0. The van der Waals surface area contributed by atoms with Crippen molar-refractivity contribution in [3.8, 4) is 0 Å². The first kappa shape index (κ1) is 8.97. The molecule has 3 nitrogen and oxygen atoms in total. The predicted octanol–water partition coefficient (Wildman–Crippen LogP) is 2.07. The zero-order chi connectivity index (χ0) is 9.35. The van der Waals surface area contributed by atoms with Crippen molar-refractivity contribution < 1.29 is 0 Å². The topological polar surface area (TPSA) is 30.7 Å². The van der Waals surface area contributed by atoms with E-state index in [-0.39, 0.29) is 5.41 Å². The van der Waals surface area contributed by atoms with Crippen LogP contribution >= 0.6 is 0 Å². The lowest BCUT2D eigenvalue weighted by Crippen LogP contribution is -2.11. The summed E-state index contributed by atoms with van der Waals surface area (Å²) in [6.07, 6.45) is 1.92. The number of hydrogen-bond acceptors (Lipinski definition) is 2. The smallest absolute Gasteiger partial charge is 0.0884 e. The van der Waals surface area contributed by atoms with Crippen molar-refractivity contribution in [2.75, 3.05) is 0 Å². The second-order valence-corrected chi connectivity index (χ2v) is 4.03. The first-order chi connectivity index (χ1) is 5.41. The van der Waals surface area contributed by atoms with Gasteiger partial charge in [0.1, 0.15) is 0 Å². The SMILES string of the molecule is C=C(C)n1cc(C(C)(C)C)nn1. The minimum atomic E-state index is 0.0632. The van der Waals surface area contributed by atoms with Crippen LogP contribution in [0, 0.1) is 0 Å². The molecule has 1 aromatic rings. The van der Waals surface area contributed by atoms with Crippen LogP contribution in [0.3, 0.4) is 0 Å². The molecule has 1 rings (SSSR count). The van der Waals surface area contributed by atoms with Crippen LogP contribution in [0.5, 0.6) is 0 Å². The fraction of sp³-hybridized carbons (Fsp3) is 0.556. The lowest BCUT2D eigenvalue weighted by Gasteiger charge is -2.12. The summed E-state index contributed by atoms with van der Waals surface area (Å²) in [6, 6.07) is 0. The lowest BCUT2D eigenvalue weighted by molar-refractivity contribution is 0.566. The van der Waals surface area contributed by atoms with E-state index >= 15 is 0 Å². The Morgan fingerprint density at radius 1 is 1.50 bits per heavy atom. The first-order valence-corrected chi connectivity index (χ1v) is 4.00. The summed E-state index contributed by atoms with van der Waals surface area (Å²) in [5.41, 5.74) is 1.94. The molecule has 0 aliphatic heterocycles. The number of allylic oxidation sites excluding steroid dienone is 1. The van der Waals surface area contributed by atoms with Gasteiger partial charge in [0.05, 0.1) is 11.9 Å². The minimum absolute atomic E-state index is 0.0632. The van der Waals surface area contributed by atoms with E-state index in [0.29, 0.717) is 0 Å². The van der Waals surface area contributed by atoms with E-state index in [1.807, 2.05) is 13.1 Å². The molecule has 1 heterocycles. The molecular formula is C9H15N3. The van der Waals surface area contributed by atoms with Crippen LogP contribution in [0.4, 0.5) is 0 Å². The van der Waals surface area contributed by atoms with Gasteiger partial charge in [-0.3, -0.25) is 0 Å². The van der Waals surface area contributed by atoms with Crippen LogP contribution in [-0.4, -0.2) is 15.0 Å². The molecule has 0 saturated carbocycles. The number of aromatic nitrogens is 3. The van der Waals surface area contributed by atoms with Gasteiger partial charge in [0.2, 0.25) is 0 Å². The second-order valence-electron chi connectivity index (χ2n) is 4.03. The molecule has 0 saturated heterocycles. The summed E-state index contributed by atoms with van der Waals surface area (Å²) in [7, 11) is 0. The zero-order valence-electron chi connectivity index (χ0n) is 8.13. The molecule has 0 aromatic carbocycles. The van der Waals surface area contributed by atoms with E-state index in [1.54, 1.807) is 4.68 Å². The summed E-state index contributed by atoms with van der Waals surface area (Å²) in [5.74, 6) is 0. The molecule has 0 aliphatic carbocycles. The average Bonchev–Trinajstić information content (AvgIpc) is 2.30. The summed E-state index contributed by atoms with van der Waals surface area (Å²) in [5, 5.41) is 8.01. The fourth-order valence-corrected chi connectivity index (χ4v) is 0.794. The maximum Gasteiger partial charge on any atom is 0.0884 e. The minimum Gasteiger partial charge on any atom is -0.225 e. The van der Waals surface area contributed by atoms with Crippen molar-refractivity contribution in [3.63, 3.8) is 0 Å². The molecule has 0 bridgehead atoms. The summed E-state index contributed by atoms with van der Waals surface area (Å²) < 4.78 is 1.70. The van der Waals surface area contributed by atoms with Gasteiger partial charge in [0.25, 0.3) is 0 Å². The Labute approximate surface area is 73.1 Å². The van der Waals surface area contributed by atoms with Crippen molar-refractivity contribution >= 4 is 5.70 Å². The molecule has 12 heavy (non-hydrogen) atoms. The van der Waals surface area contributed by atoms with Gasteiger partial charge in [-0.05, 0) is 6.92 Å². The van der Waals surface area contributed by atoms with Crippen LogP contribution in [-0.2, 0) is 5.41 Å². The maximum atomic E-state index is 4.06. The van der Waals surface area contributed by atoms with E-state index in [9.17, 15) is 0 Å². The average molecular weight is 165 g/mol. The van der Waals surface area contributed by atoms with Crippen molar-refractivity contribution in [3.05, 3.63) is 18.5 Å². The molecule has 66 valence electrons. The molecule has 0 atom stereocenters. The fourth-order valence-electron chi connectivity index (χ4n) is 0.794. The Hall–Kier alpha value is -1.12. The van der Waals surface area contributed by atoms with Gasteiger partial charge in [0.15, 0.2) is 0 Å². The first-order valence-electron chi connectivity index (χ1n) is 4.00. The van der Waals surface area contributed by atoms with Crippen molar-refractivity contribution in [2.24, 2.45) is 0 Å². The Morgan fingerprint density at radius 2 is 2.08 bits per heavy atom. The van der Waals surface area contributed by atoms with E-state index in [0.717, 1.165) is 11.4 Å².